The van der Waals surface area contributed by atoms with E-state index in [9.17, 15) is 9.59 Å². The van der Waals surface area contributed by atoms with Gasteiger partial charge in [0, 0.05) is 12.8 Å². The van der Waals surface area contributed by atoms with Gasteiger partial charge in [-0.3, -0.25) is 9.59 Å². The van der Waals surface area contributed by atoms with Crippen molar-refractivity contribution in [1.29, 1.82) is 0 Å². The molecule has 0 N–H and O–H groups in total. The molecule has 0 amide bonds. The minimum absolute atomic E-state index is 0.0278. The van der Waals surface area contributed by atoms with Crippen molar-refractivity contribution in [1.82, 2.24) is 0 Å². The summed E-state index contributed by atoms with van der Waals surface area (Å²) in [5.41, 5.74) is 0.986. The Labute approximate surface area is 116 Å². The van der Waals surface area contributed by atoms with Gasteiger partial charge in [-0.05, 0) is 17.9 Å². The molecule has 0 saturated heterocycles. The van der Waals surface area contributed by atoms with Crippen LogP contribution in [0.5, 0.6) is 0 Å². The van der Waals surface area contributed by atoms with Crippen LogP contribution in [0, 0.1) is 5.92 Å². The highest BCUT2D eigenvalue weighted by molar-refractivity contribution is 5.99. The summed E-state index contributed by atoms with van der Waals surface area (Å²) in [5, 5.41) is 0. The fourth-order valence-electron chi connectivity index (χ4n) is 2.07. The number of benzene rings is 1. The predicted octanol–water partition coefficient (Wildman–Crippen LogP) is 3.97. The zero-order chi connectivity index (χ0) is 14.1. The van der Waals surface area contributed by atoms with Gasteiger partial charge in [-0.1, -0.05) is 57.0 Å². The lowest BCUT2D eigenvalue weighted by atomic mass is 10.0. The Balaban J connectivity index is 2.19. The number of ketones is 2. The summed E-state index contributed by atoms with van der Waals surface area (Å²) in [6, 6.07) is 9.59. The SMILES string of the molecule is CC(C)CCCCC(=O)CC(=O)Cc1ccccc1. The quantitative estimate of drug-likeness (QED) is 0.497. The van der Waals surface area contributed by atoms with E-state index in [4.69, 9.17) is 0 Å². The number of Topliss-reactive ketones (excluding diaryl/α,β-unsaturated/α-hetero) is 2. The number of carbonyl (C=O) groups is 2. The van der Waals surface area contributed by atoms with E-state index in [1.807, 2.05) is 30.3 Å². The summed E-state index contributed by atoms with van der Waals surface area (Å²) in [6.45, 7) is 4.37. The van der Waals surface area contributed by atoms with E-state index in [0.29, 0.717) is 18.8 Å². The molecule has 1 aromatic rings. The maximum absolute atomic E-state index is 11.7. The van der Waals surface area contributed by atoms with Crippen LogP contribution in [0.25, 0.3) is 0 Å². The highest BCUT2D eigenvalue weighted by Crippen LogP contribution is 2.10. The van der Waals surface area contributed by atoms with Crippen LogP contribution in [0.4, 0.5) is 0 Å². The van der Waals surface area contributed by atoms with Gasteiger partial charge in [0.1, 0.15) is 11.6 Å². The highest BCUT2D eigenvalue weighted by atomic mass is 16.1. The van der Waals surface area contributed by atoms with E-state index >= 15 is 0 Å². The molecule has 0 spiro atoms. The molecule has 0 atom stereocenters. The second-order valence-corrected chi connectivity index (χ2v) is 5.56. The van der Waals surface area contributed by atoms with Gasteiger partial charge in [0.2, 0.25) is 0 Å². The van der Waals surface area contributed by atoms with Crippen LogP contribution in [0.2, 0.25) is 0 Å². The molecular weight excluding hydrogens is 236 g/mol. The Bertz CT molecular complexity index is 393. The number of hydrogen-bond donors (Lipinski definition) is 0. The predicted molar refractivity (Wildman–Crippen MR) is 78.1 cm³/mol. The van der Waals surface area contributed by atoms with Crippen LogP contribution in [0.15, 0.2) is 30.3 Å². The van der Waals surface area contributed by atoms with E-state index in [2.05, 4.69) is 13.8 Å². The maximum Gasteiger partial charge on any atom is 0.144 e. The zero-order valence-corrected chi connectivity index (χ0v) is 12.0. The molecule has 0 heterocycles. The normalized spacial score (nSPS) is 10.7. The van der Waals surface area contributed by atoms with E-state index in [1.165, 1.54) is 0 Å². The van der Waals surface area contributed by atoms with Crippen molar-refractivity contribution >= 4 is 11.6 Å². The molecule has 19 heavy (non-hydrogen) atoms. The van der Waals surface area contributed by atoms with Crippen LogP contribution in [-0.2, 0) is 16.0 Å². The van der Waals surface area contributed by atoms with Crippen molar-refractivity contribution in [2.75, 3.05) is 0 Å². The molecule has 0 bridgehead atoms. The van der Waals surface area contributed by atoms with E-state index < -0.39 is 0 Å². The first-order chi connectivity index (χ1) is 9.08. The van der Waals surface area contributed by atoms with Gasteiger partial charge in [0.05, 0.1) is 6.42 Å². The Morgan fingerprint density at radius 3 is 2.32 bits per heavy atom. The van der Waals surface area contributed by atoms with Gasteiger partial charge in [-0.25, -0.2) is 0 Å². The van der Waals surface area contributed by atoms with Gasteiger partial charge >= 0.3 is 0 Å². The average Bonchev–Trinajstić information content (AvgIpc) is 2.35. The van der Waals surface area contributed by atoms with Crippen molar-refractivity contribution in [3.8, 4) is 0 Å². The average molecular weight is 260 g/mol. The molecule has 0 saturated carbocycles. The number of carbonyl (C=O) groups excluding carboxylic acids is 2. The molecule has 0 aromatic heterocycles. The fourth-order valence-corrected chi connectivity index (χ4v) is 2.07. The maximum atomic E-state index is 11.7. The van der Waals surface area contributed by atoms with Crippen LogP contribution in [0.1, 0.15) is 51.5 Å². The van der Waals surface area contributed by atoms with Gasteiger partial charge in [0.25, 0.3) is 0 Å². The molecule has 0 fully saturated rings. The third-order valence-corrected chi connectivity index (χ3v) is 3.13. The highest BCUT2D eigenvalue weighted by Gasteiger charge is 2.10. The molecule has 0 aliphatic heterocycles. The van der Waals surface area contributed by atoms with E-state index in [1.54, 1.807) is 0 Å². The monoisotopic (exact) mass is 260 g/mol. The lowest BCUT2D eigenvalue weighted by Gasteiger charge is -2.04. The van der Waals surface area contributed by atoms with Crippen molar-refractivity contribution in [2.24, 2.45) is 5.92 Å². The van der Waals surface area contributed by atoms with Gasteiger partial charge in [-0.2, -0.15) is 0 Å². The molecule has 0 aliphatic carbocycles. The minimum atomic E-state index is 0.0278. The summed E-state index contributed by atoms with van der Waals surface area (Å²) in [4.78, 5) is 23.4. The molecule has 0 radical (unpaired) electrons. The second kappa shape index (κ2) is 8.63. The molecule has 0 unspecified atom stereocenters. The molecule has 1 aromatic carbocycles. The van der Waals surface area contributed by atoms with Crippen LogP contribution >= 0.6 is 0 Å². The number of unbranched alkanes of at least 4 members (excludes halogenated alkanes) is 1. The van der Waals surface area contributed by atoms with Crippen molar-refractivity contribution in [3.05, 3.63) is 35.9 Å². The summed E-state index contributed by atoms with van der Waals surface area (Å²) in [6.07, 6.45) is 4.17. The van der Waals surface area contributed by atoms with Gasteiger partial charge < -0.3 is 0 Å². The number of hydrogen-bond acceptors (Lipinski definition) is 2. The standard InChI is InChI=1S/C17H24O2/c1-14(2)8-6-7-11-16(18)13-17(19)12-15-9-4-3-5-10-15/h3-5,9-10,14H,6-8,11-13H2,1-2H3. The molecule has 104 valence electrons. The lowest BCUT2D eigenvalue weighted by Crippen LogP contribution is -2.10. The van der Waals surface area contributed by atoms with E-state index in [0.717, 1.165) is 24.8 Å². The zero-order valence-electron chi connectivity index (χ0n) is 12.0. The summed E-state index contributed by atoms with van der Waals surface area (Å²) in [7, 11) is 0. The Morgan fingerprint density at radius 1 is 1.00 bits per heavy atom. The molecule has 0 aliphatic rings. The first kappa shape index (κ1) is 15.6. The van der Waals surface area contributed by atoms with Crippen molar-refractivity contribution in [2.45, 2.75) is 52.4 Å². The summed E-state index contributed by atoms with van der Waals surface area (Å²) in [5.74, 6) is 0.805. The lowest BCUT2D eigenvalue weighted by molar-refractivity contribution is -0.126. The molecule has 2 heteroatoms. The first-order valence-corrected chi connectivity index (χ1v) is 7.15. The third kappa shape index (κ3) is 7.55. The third-order valence-electron chi connectivity index (χ3n) is 3.13. The minimum Gasteiger partial charge on any atom is -0.299 e. The topological polar surface area (TPSA) is 34.1 Å². The van der Waals surface area contributed by atoms with E-state index in [-0.39, 0.29) is 18.0 Å². The van der Waals surface area contributed by atoms with Gasteiger partial charge in [-0.15, -0.1) is 0 Å². The second-order valence-electron chi connectivity index (χ2n) is 5.56. The summed E-state index contributed by atoms with van der Waals surface area (Å²) >= 11 is 0. The largest absolute Gasteiger partial charge is 0.299 e. The molecule has 1 rings (SSSR count). The molecule has 2 nitrogen and oxygen atoms in total. The van der Waals surface area contributed by atoms with Gasteiger partial charge in [0.15, 0.2) is 0 Å². The van der Waals surface area contributed by atoms with Crippen molar-refractivity contribution < 1.29 is 9.59 Å². The Kier molecular flexibility index (Phi) is 7.09. The number of rotatable bonds is 9. The fraction of sp³-hybridized carbons (Fsp3) is 0.529. The smallest absolute Gasteiger partial charge is 0.144 e. The molecular formula is C17H24O2. The van der Waals surface area contributed by atoms with Crippen LogP contribution < -0.4 is 0 Å². The summed E-state index contributed by atoms with van der Waals surface area (Å²) < 4.78 is 0. The van der Waals surface area contributed by atoms with Crippen molar-refractivity contribution in [3.63, 3.8) is 0 Å². The van der Waals surface area contributed by atoms with Crippen LogP contribution in [-0.4, -0.2) is 11.6 Å². The van der Waals surface area contributed by atoms with Crippen LogP contribution in [0.3, 0.4) is 0 Å². The Morgan fingerprint density at radius 2 is 1.68 bits per heavy atom. The first-order valence-electron chi connectivity index (χ1n) is 7.15. The Hall–Kier alpha value is -1.44.